The number of benzene rings is 1. The molecule has 2 heterocycles. The molecule has 0 spiro atoms. The molecule has 0 saturated heterocycles. The molecule has 2 aromatic heterocycles. The maximum atomic E-state index is 12.5. The van der Waals surface area contributed by atoms with E-state index >= 15 is 0 Å². The van der Waals surface area contributed by atoms with E-state index in [9.17, 15) is 4.79 Å². The van der Waals surface area contributed by atoms with Gasteiger partial charge in [-0.1, -0.05) is 11.6 Å². The molecule has 1 aliphatic rings. The molecule has 0 radical (unpaired) electrons. The normalized spacial score (nSPS) is 19.0. The van der Waals surface area contributed by atoms with E-state index in [1.807, 2.05) is 23.1 Å². The second-order valence-corrected chi connectivity index (χ2v) is 7.54. The van der Waals surface area contributed by atoms with Gasteiger partial charge in [0.1, 0.15) is 12.1 Å². The zero-order valence-electron chi connectivity index (χ0n) is 16.1. The minimum absolute atomic E-state index is 0.108. The Kier molecular flexibility index (Phi) is 5.76. The van der Waals surface area contributed by atoms with Crippen molar-refractivity contribution in [3.63, 3.8) is 0 Å². The number of hydrogen-bond acceptors (Lipinski definition) is 5. The average molecular weight is 412 g/mol. The number of halogens is 1. The van der Waals surface area contributed by atoms with Crippen LogP contribution in [0.25, 0.3) is 11.3 Å². The molecule has 4 rings (SSSR count). The lowest BCUT2D eigenvalue weighted by atomic mass is 9.91. The van der Waals surface area contributed by atoms with Gasteiger partial charge in [0.2, 0.25) is 0 Å². The highest BCUT2D eigenvalue weighted by Crippen LogP contribution is 2.30. The Morgan fingerprint density at radius 2 is 2.07 bits per heavy atom. The number of aromatic nitrogens is 4. The van der Waals surface area contributed by atoms with Crippen molar-refractivity contribution in [1.82, 2.24) is 25.1 Å². The summed E-state index contributed by atoms with van der Waals surface area (Å²) >= 11 is 6.13. The fourth-order valence-electron chi connectivity index (χ4n) is 3.69. The highest BCUT2D eigenvalue weighted by atomic mass is 35.5. The van der Waals surface area contributed by atoms with Gasteiger partial charge in [-0.15, -0.1) is 0 Å². The van der Waals surface area contributed by atoms with E-state index in [-0.39, 0.29) is 11.9 Å². The Labute approximate surface area is 174 Å². The molecule has 0 unspecified atom stereocenters. The first-order valence-electron chi connectivity index (χ1n) is 9.59. The minimum atomic E-state index is -0.108. The molecule has 3 aromatic rings. The summed E-state index contributed by atoms with van der Waals surface area (Å²) in [5.74, 6) is 0.451. The smallest absolute Gasteiger partial charge is 0.251 e. The number of methoxy groups -OCH3 is 1. The maximum absolute atomic E-state index is 12.5. The number of rotatable bonds is 5. The van der Waals surface area contributed by atoms with Crippen molar-refractivity contribution in [1.29, 1.82) is 0 Å². The Balaban J connectivity index is 1.33. The van der Waals surface area contributed by atoms with E-state index in [1.54, 1.807) is 31.5 Å². The second-order valence-electron chi connectivity index (χ2n) is 7.13. The van der Waals surface area contributed by atoms with E-state index in [2.05, 4.69) is 20.4 Å². The van der Waals surface area contributed by atoms with Gasteiger partial charge >= 0.3 is 0 Å². The fraction of sp³-hybridized carbons (Fsp3) is 0.333. The zero-order chi connectivity index (χ0) is 20.2. The van der Waals surface area contributed by atoms with Crippen LogP contribution in [-0.4, -0.2) is 38.8 Å². The van der Waals surface area contributed by atoms with Crippen molar-refractivity contribution in [2.24, 2.45) is 0 Å². The van der Waals surface area contributed by atoms with E-state index < -0.39 is 0 Å². The zero-order valence-corrected chi connectivity index (χ0v) is 16.8. The molecular weight excluding hydrogens is 390 g/mol. The first-order valence-corrected chi connectivity index (χ1v) is 9.97. The molecule has 1 fully saturated rings. The number of ether oxygens (including phenoxy) is 1. The summed E-state index contributed by atoms with van der Waals surface area (Å²) in [5, 5.41) is 8.07. The predicted octanol–water partition coefficient (Wildman–Crippen LogP) is 3.92. The van der Waals surface area contributed by atoms with Crippen molar-refractivity contribution < 1.29 is 9.53 Å². The number of carbonyl (C=O) groups excluding carboxylic acids is 1. The van der Waals surface area contributed by atoms with Crippen LogP contribution in [0.2, 0.25) is 5.02 Å². The summed E-state index contributed by atoms with van der Waals surface area (Å²) in [5.41, 5.74) is 2.39. The first-order chi connectivity index (χ1) is 14.1. The van der Waals surface area contributed by atoms with Gasteiger partial charge in [0.05, 0.1) is 30.1 Å². The van der Waals surface area contributed by atoms with Crippen LogP contribution in [0.4, 0.5) is 0 Å². The molecule has 29 heavy (non-hydrogen) atoms. The van der Waals surface area contributed by atoms with Crippen molar-refractivity contribution >= 4 is 17.5 Å². The van der Waals surface area contributed by atoms with Crippen LogP contribution in [0.5, 0.6) is 5.75 Å². The van der Waals surface area contributed by atoms with Crippen molar-refractivity contribution in [3.05, 3.63) is 59.8 Å². The Bertz CT molecular complexity index is 984. The van der Waals surface area contributed by atoms with Crippen LogP contribution in [0, 0.1) is 0 Å². The molecule has 0 bridgehead atoms. The van der Waals surface area contributed by atoms with Gasteiger partial charge in [0.15, 0.2) is 0 Å². The molecule has 0 aliphatic heterocycles. The summed E-state index contributed by atoms with van der Waals surface area (Å²) in [7, 11) is 1.55. The van der Waals surface area contributed by atoms with Gasteiger partial charge in [0.25, 0.3) is 5.91 Å². The molecule has 1 aromatic carbocycles. The van der Waals surface area contributed by atoms with Gasteiger partial charge in [-0.25, -0.2) is 9.97 Å². The van der Waals surface area contributed by atoms with Crippen LogP contribution < -0.4 is 10.1 Å². The number of hydrogen-bond donors (Lipinski definition) is 1. The van der Waals surface area contributed by atoms with Gasteiger partial charge < -0.3 is 10.1 Å². The average Bonchev–Trinajstić information content (AvgIpc) is 3.25. The van der Waals surface area contributed by atoms with Crippen LogP contribution in [0.1, 0.15) is 42.1 Å². The fourth-order valence-corrected chi connectivity index (χ4v) is 3.95. The molecule has 150 valence electrons. The molecule has 7 nitrogen and oxygen atoms in total. The van der Waals surface area contributed by atoms with Gasteiger partial charge in [-0.05, 0) is 49.9 Å². The number of carbonyl (C=O) groups is 1. The standard InChI is InChI=1S/C21H22ClN5O2/c1-29-20-7-2-14(10-18(20)22)21(28)26-16-3-5-17(6-4-16)27-12-15(11-25-27)19-8-9-23-13-24-19/h2,7-13,16-17H,3-6H2,1H3,(H,26,28). The number of nitrogens with one attached hydrogen (secondary N) is 1. The quantitative estimate of drug-likeness (QED) is 0.688. The lowest BCUT2D eigenvalue weighted by molar-refractivity contribution is 0.0921. The van der Waals surface area contributed by atoms with Crippen LogP contribution in [0.15, 0.2) is 49.2 Å². The van der Waals surface area contributed by atoms with E-state index in [1.165, 1.54) is 6.33 Å². The van der Waals surface area contributed by atoms with Crippen molar-refractivity contribution in [3.8, 4) is 17.0 Å². The van der Waals surface area contributed by atoms with E-state index in [4.69, 9.17) is 16.3 Å². The molecule has 8 heteroatoms. The molecule has 1 amide bonds. The van der Waals surface area contributed by atoms with Crippen molar-refractivity contribution in [2.45, 2.75) is 37.8 Å². The second kappa shape index (κ2) is 8.61. The SMILES string of the molecule is COc1ccc(C(=O)NC2CCC(n3cc(-c4ccncn4)cn3)CC2)cc1Cl. The Hall–Kier alpha value is -2.93. The third kappa shape index (κ3) is 4.40. The predicted molar refractivity (Wildman–Crippen MR) is 110 cm³/mol. The summed E-state index contributed by atoms with van der Waals surface area (Å²) in [4.78, 5) is 20.8. The summed E-state index contributed by atoms with van der Waals surface area (Å²) in [6.45, 7) is 0. The van der Waals surface area contributed by atoms with Crippen molar-refractivity contribution in [2.75, 3.05) is 7.11 Å². The lowest BCUT2D eigenvalue weighted by Gasteiger charge is -2.29. The van der Waals surface area contributed by atoms with Gasteiger partial charge in [0, 0.05) is 29.6 Å². The minimum Gasteiger partial charge on any atom is -0.495 e. The monoisotopic (exact) mass is 411 g/mol. The molecule has 1 saturated carbocycles. The lowest BCUT2D eigenvalue weighted by Crippen LogP contribution is -2.38. The maximum Gasteiger partial charge on any atom is 0.251 e. The Morgan fingerprint density at radius 3 is 2.76 bits per heavy atom. The largest absolute Gasteiger partial charge is 0.495 e. The summed E-state index contributed by atoms with van der Waals surface area (Å²) in [6, 6.07) is 7.43. The highest BCUT2D eigenvalue weighted by Gasteiger charge is 2.24. The summed E-state index contributed by atoms with van der Waals surface area (Å²) < 4.78 is 7.15. The number of nitrogens with zero attached hydrogens (tertiary/aromatic N) is 4. The Morgan fingerprint density at radius 1 is 1.24 bits per heavy atom. The molecule has 1 N–H and O–H groups in total. The molecular formula is C21H22ClN5O2. The highest BCUT2D eigenvalue weighted by molar-refractivity contribution is 6.32. The molecule has 1 aliphatic carbocycles. The first kappa shape index (κ1) is 19.4. The van der Waals surface area contributed by atoms with Crippen LogP contribution in [0.3, 0.4) is 0 Å². The van der Waals surface area contributed by atoms with E-state index in [0.717, 1.165) is 36.9 Å². The van der Waals surface area contributed by atoms with Crippen LogP contribution >= 0.6 is 11.6 Å². The third-order valence-electron chi connectivity index (χ3n) is 5.30. The topological polar surface area (TPSA) is 81.9 Å². The number of amides is 1. The van der Waals surface area contributed by atoms with Gasteiger partial charge in [-0.3, -0.25) is 9.48 Å². The van der Waals surface area contributed by atoms with Crippen LogP contribution in [-0.2, 0) is 0 Å². The van der Waals surface area contributed by atoms with Gasteiger partial charge in [-0.2, -0.15) is 5.10 Å². The third-order valence-corrected chi connectivity index (χ3v) is 5.59. The molecule has 0 atom stereocenters. The van der Waals surface area contributed by atoms with E-state index in [0.29, 0.717) is 22.4 Å². The summed E-state index contributed by atoms with van der Waals surface area (Å²) in [6.07, 6.45) is 10.9.